The maximum absolute atomic E-state index is 12.3. The van der Waals surface area contributed by atoms with E-state index < -0.39 is 0 Å². The third kappa shape index (κ3) is 2.57. The highest BCUT2D eigenvalue weighted by atomic mass is 16.2. The van der Waals surface area contributed by atoms with E-state index in [-0.39, 0.29) is 11.9 Å². The molecule has 0 aliphatic carbocycles. The molecule has 2 aliphatic rings. The molecule has 2 aliphatic heterocycles. The standard InChI is InChI=1S/C14H23N5O/c1-2-18-10-16-17-13(18)11-5-8-19(9-6-11)14(20)12-4-3-7-15-12/h10-12,15H,2-9H2,1H3. The fraction of sp³-hybridized carbons (Fsp3) is 0.786. The highest BCUT2D eigenvalue weighted by Gasteiger charge is 2.31. The first kappa shape index (κ1) is 13.5. The second-order valence-corrected chi connectivity index (χ2v) is 5.72. The molecule has 20 heavy (non-hydrogen) atoms. The van der Waals surface area contributed by atoms with E-state index in [2.05, 4.69) is 27.0 Å². The van der Waals surface area contributed by atoms with Gasteiger partial charge in [-0.25, -0.2) is 0 Å². The van der Waals surface area contributed by atoms with Crippen LogP contribution < -0.4 is 5.32 Å². The van der Waals surface area contributed by atoms with Crippen molar-refractivity contribution >= 4 is 5.91 Å². The minimum absolute atomic E-state index is 0.0610. The van der Waals surface area contributed by atoms with E-state index in [0.29, 0.717) is 5.92 Å². The average molecular weight is 277 g/mol. The molecule has 6 heteroatoms. The molecule has 1 atom stereocenters. The molecule has 1 aromatic heterocycles. The predicted molar refractivity (Wildman–Crippen MR) is 75.3 cm³/mol. The van der Waals surface area contributed by atoms with Crippen molar-refractivity contribution in [2.24, 2.45) is 0 Å². The predicted octanol–water partition coefficient (Wildman–Crippen LogP) is 0.756. The number of amides is 1. The minimum Gasteiger partial charge on any atom is -0.341 e. The SMILES string of the molecule is CCn1cnnc1C1CCN(C(=O)C2CCCN2)CC1. The van der Waals surface area contributed by atoms with Gasteiger partial charge in [0.05, 0.1) is 6.04 Å². The fourth-order valence-corrected chi connectivity index (χ4v) is 3.30. The second-order valence-electron chi connectivity index (χ2n) is 5.72. The highest BCUT2D eigenvalue weighted by molar-refractivity contribution is 5.82. The Morgan fingerprint density at radius 3 is 2.85 bits per heavy atom. The number of hydrogen-bond acceptors (Lipinski definition) is 4. The Balaban J connectivity index is 1.58. The largest absolute Gasteiger partial charge is 0.341 e. The third-order valence-electron chi connectivity index (χ3n) is 4.52. The summed E-state index contributed by atoms with van der Waals surface area (Å²) < 4.78 is 2.11. The van der Waals surface area contributed by atoms with Crippen molar-refractivity contribution in [3.8, 4) is 0 Å². The van der Waals surface area contributed by atoms with E-state index in [1.54, 1.807) is 6.33 Å². The zero-order chi connectivity index (χ0) is 13.9. The van der Waals surface area contributed by atoms with Crippen molar-refractivity contribution in [1.29, 1.82) is 0 Å². The Kier molecular flexibility index (Phi) is 4.00. The van der Waals surface area contributed by atoms with Crippen molar-refractivity contribution in [2.75, 3.05) is 19.6 Å². The first-order valence-electron chi connectivity index (χ1n) is 7.69. The molecular formula is C14H23N5O. The number of nitrogens with one attached hydrogen (secondary N) is 1. The molecule has 3 rings (SSSR count). The summed E-state index contributed by atoms with van der Waals surface area (Å²) >= 11 is 0. The number of nitrogens with zero attached hydrogens (tertiary/aromatic N) is 4. The molecule has 0 spiro atoms. The molecule has 0 aromatic carbocycles. The number of likely N-dealkylation sites (tertiary alicyclic amines) is 1. The van der Waals surface area contributed by atoms with Gasteiger partial charge in [-0.1, -0.05) is 0 Å². The maximum Gasteiger partial charge on any atom is 0.239 e. The first-order valence-corrected chi connectivity index (χ1v) is 7.69. The molecule has 2 saturated heterocycles. The highest BCUT2D eigenvalue weighted by Crippen LogP contribution is 2.27. The number of aryl methyl sites for hydroxylation is 1. The molecule has 1 N–H and O–H groups in total. The Morgan fingerprint density at radius 2 is 2.20 bits per heavy atom. The molecular weight excluding hydrogens is 254 g/mol. The van der Waals surface area contributed by atoms with Crippen LogP contribution in [-0.4, -0.2) is 51.2 Å². The van der Waals surface area contributed by atoms with Crippen molar-refractivity contribution in [3.05, 3.63) is 12.2 Å². The third-order valence-corrected chi connectivity index (χ3v) is 4.52. The lowest BCUT2D eigenvalue weighted by Crippen LogP contribution is -2.46. The van der Waals surface area contributed by atoms with Crippen LogP contribution >= 0.6 is 0 Å². The van der Waals surface area contributed by atoms with Crippen molar-refractivity contribution in [2.45, 2.75) is 51.1 Å². The van der Waals surface area contributed by atoms with Crippen molar-refractivity contribution in [1.82, 2.24) is 25.0 Å². The summed E-state index contributed by atoms with van der Waals surface area (Å²) in [5.41, 5.74) is 0. The summed E-state index contributed by atoms with van der Waals surface area (Å²) in [6.07, 6.45) is 5.90. The summed E-state index contributed by atoms with van der Waals surface area (Å²) in [6, 6.07) is 0.0610. The molecule has 0 bridgehead atoms. The zero-order valence-electron chi connectivity index (χ0n) is 12.1. The van der Waals surface area contributed by atoms with Gasteiger partial charge in [0.2, 0.25) is 5.91 Å². The smallest absolute Gasteiger partial charge is 0.239 e. The van der Waals surface area contributed by atoms with Gasteiger partial charge in [0.25, 0.3) is 0 Å². The molecule has 1 unspecified atom stereocenters. The fourth-order valence-electron chi connectivity index (χ4n) is 3.30. The summed E-state index contributed by atoms with van der Waals surface area (Å²) in [7, 11) is 0. The minimum atomic E-state index is 0.0610. The van der Waals surface area contributed by atoms with Crippen LogP contribution in [0, 0.1) is 0 Å². The van der Waals surface area contributed by atoms with E-state index in [0.717, 1.165) is 57.7 Å². The lowest BCUT2D eigenvalue weighted by atomic mass is 9.95. The number of carbonyl (C=O) groups excluding carboxylic acids is 1. The van der Waals surface area contributed by atoms with Crippen LogP contribution in [0.1, 0.15) is 44.3 Å². The van der Waals surface area contributed by atoms with Crippen LogP contribution in [0.3, 0.4) is 0 Å². The van der Waals surface area contributed by atoms with Crippen LogP contribution in [-0.2, 0) is 11.3 Å². The van der Waals surface area contributed by atoms with Gasteiger partial charge in [-0.15, -0.1) is 10.2 Å². The van der Waals surface area contributed by atoms with Crippen LogP contribution in [0.5, 0.6) is 0 Å². The van der Waals surface area contributed by atoms with Gasteiger partial charge in [0, 0.05) is 25.6 Å². The molecule has 1 aromatic rings. The van der Waals surface area contributed by atoms with E-state index in [9.17, 15) is 4.79 Å². The molecule has 2 fully saturated rings. The average Bonchev–Trinajstić information content (AvgIpc) is 3.17. The maximum atomic E-state index is 12.3. The normalized spacial score (nSPS) is 24.2. The van der Waals surface area contributed by atoms with Gasteiger partial charge in [-0.3, -0.25) is 4.79 Å². The Morgan fingerprint density at radius 1 is 1.40 bits per heavy atom. The number of piperidine rings is 1. The van der Waals surface area contributed by atoms with Crippen LogP contribution in [0.15, 0.2) is 6.33 Å². The molecule has 3 heterocycles. The van der Waals surface area contributed by atoms with Gasteiger partial charge in [0.15, 0.2) is 0 Å². The molecule has 1 amide bonds. The van der Waals surface area contributed by atoms with E-state index in [1.165, 1.54) is 0 Å². The Bertz CT molecular complexity index is 458. The van der Waals surface area contributed by atoms with Crippen LogP contribution in [0.25, 0.3) is 0 Å². The summed E-state index contributed by atoms with van der Waals surface area (Å²) in [5, 5.41) is 11.6. The Labute approximate surface area is 119 Å². The van der Waals surface area contributed by atoms with Gasteiger partial charge >= 0.3 is 0 Å². The van der Waals surface area contributed by atoms with Gasteiger partial charge < -0.3 is 14.8 Å². The lowest BCUT2D eigenvalue weighted by Gasteiger charge is -2.33. The second kappa shape index (κ2) is 5.91. The van der Waals surface area contributed by atoms with Gasteiger partial charge in [-0.2, -0.15) is 0 Å². The number of hydrogen-bond donors (Lipinski definition) is 1. The van der Waals surface area contributed by atoms with Crippen molar-refractivity contribution in [3.63, 3.8) is 0 Å². The van der Waals surface area contributed by atoms with Crippen LogP contribution in [0.4, 0.5) is 0 Å². The van der Waals surface area contributed by atoms with Crippen molar-refractivity contribution < 1.29 is 4.79 Å². The molecule has 0 radical (unpaired) electrons. The van der Waals surface area contributed by atoms with E-state index >= 15 is 0 Å². The van der Waals surface area contributed by atoms with E-state index in [4.69, 9.17) is 0 Å². The molecule has 0 saturated carbocycles. The summed E-state index contributed by atoms with van der Waals surface area (Å²) in [5.74, 6) is 1.81. The molecule has 6 nitrogen and oxygen atoms in total. The monoisotopic (exact) mass is 277 g/mol. The first-order chi connectivity index (χ1) is 9.79. The lowest BCUT2D eigenvalue weighted by molar-refractivity contribution is -0.134. The quantitative estimate of drug-likeness (QED) is 0.886. The van der Waals surface area contributed by atoms with Gasteiger partial charge in [0.1, 0.15) is 12.2 Å². The zero-order valence-corrected chi connectivity index (χ0v) is 12.1. The number of carbonyl (C=O) groups is 1. The molecule has 110 valence electrons. The summed E-state index contributed by atoms with van der Waals surface area (Å²) in [4.78, 5) is 14.4. The van der Waals surface area contributed by atoms with Gasteiger partial charge in [-0.05, 0) is 39.2 Å². The Hall–Kier alpha value is -1.43. The number of aromatic nitrogens is 3. The van der Waals surface area contributed by atoms with E-state index in [1.807, 2.05) is 4.90 Å². The van der Waals surface area contributed by atoms with Crippen LogP contribution in [0.2, 0.25) is 0 Å². The topological polar surface area (TPSA) is 63.1 Å². The number of rotatable bonds is 3. The summed E-state index contributed by atoms with van der Waals surface area (Å²) in [6.45, 7) is 5.69.